The molecule has 2 heterocycles. The molecule has 1 atom stereocenters. The highest BCUT2D eigenvalue weighted by Gasteiger charge is 2.34. The van der Waals surface area contributed by atoms with Crippen molar-refractivity contribution < 1.29 is 17.9 Å². The van der Waals surface area contributed by atoms with Gasteiger partial charge < -0.3 is 9.64 Å². The zero-order chi connectivity index (χ0) is 17.3. The van der Waals surface area contributed by atoms with Crippen molar-refractivity contribution in [2.75, 3.05) is 32.8 Å². The van der Waals surface area contributed by atoms with E-state index in [0.717, 1.165) is 12.8 Å². The predicted molar refractivity (Wildman–Crippen MR) is 90.8 cm³/mol. The Balaban J connectivity index is 1.67. The van der Waals surface area contributed by atoms with Gasteiger partial charge >= 0.3 is 0 Å². The van der Waals surface area contributed by atoms with Crippen LogP contribution in [-0.2, 0) is 19.6 Å². The van der Waals surface area contributed by atoms with Gasteiger partial charge in [-0.15, -0.1) is 0 Å². The van der Waals surface area contributed by atoms with Crippen LogP contribution in [0.5, 0.6) is 0 Å². The second kappa shape index (κ2) is 7.17. The highest BCUT2D eigenvalue weighted by molar-refractivity contribution is 7.89. The predicted octanol–water partition coefficient (Wildman–Crippen LogP) is 2.01. The summed E-state index contributed by atoms with van der Waals surface area (Å²) in [5.74, 6) is -0.0425. The molecule has 0 aromatic heterocycles. The molecule has 3 rings (SSSR count). The molecule has 0 saturated carbocycles. The fraction of sp³-hybridized carbons (Fsp3) is 0.533. The molecule has 1 unspecified atom stereocenters. The van der Waals surface area contributed by atoms with Gasteiger partial charge in [-0.25, -0.2) is 8.42 Å². The Morgan fingerprint density at radius 3 is 2.42 bits per heavy atom. The normalized spacial score (nSPS) is 22.8. The number of rotatable bonds is 3. The van der Waals surface area contributed by atoms with Crippen molar-refractivity contribution in [3.05, 3.63) is 28.2 Å². The maximum Gasteiger partial charge on any atom is 0.251 e. The number of carbonyl (C=O) groups is 1. The Morgan fingerprint density at radius 2 is 1.83 bits per heavy atom. The van der Waals surface area contributed by atoms with Crippen molar-refractivity contribution in [3.8, 4) is 0 Å². The van der Waals surface area contributed by atoms with E-state index < -0.39 is 10.0 Å². The third kappa shape index (κ3) is 3.55. The number of amides is 1. The molecule has 1 aromatic carbocycles. The van der Waals surface area contributed by atoms with Crippen LogP contribution in [0.25, 0.3) is 0 Å². The monoisotopic (exact) mass is 392 g/mol. The lowest BCUT2D eigenvalue weighted by molar-refractivity contribution is -0.142. The van der Waals surface area contributed by atoms with E-state index in [4.69, 9.17) is 27.9 Å². The van der Waals surface area contributed by atoms with Crippen LogP contribution in [0.3, 0.4) is 0 Å². The fourth-order valence-corrected chi connectivity index (χ4v) is 4.72. The molecule has 2 aliphatic rings. The Morgan fingerprint density at radius 1 is 1.12 bits per heavy atom. The van der Waals surface area contributed by atoms with Gasteiger partial charge in [0.05, 0.1) is 14.9 Å². The molecule has 132 valence electrons. The number of hydrogen-bond acceptors (Lipinski definition) is 4. The average molecular weight is 393 g/mol. The largest absolute Gasteiger partial charge is 0.368 e. The molecule has 0 aliphatic carbocycles. The summed E-state index contributed by atoms with van der Waals surface area (Å²) < 4.78 is 32.1. The van der Waals surface area contributed by atoms with Gasteiger partial charge in [-0.3, -0.25) is 4.79 Å². The van der Waals surface area contributed by atoms with Crippen molar-refractivity contribution in [2.24, 2.45) is 0 Å². The smallest absolute Gasteiger partial charge is 0.251 e. The van der Waals surface area contributed by atoms with Gasteiger partial charge in [-0.05, 0) is 31.0 Å². The minimum absolute atomic E-state index is 0.0425. The van der Waals surface area contributed by atoms with E-state index >= 15 is 0 Å². The number of hydrogen-bond donors (Lipinski definition) is 0. The van der Waals surface area contributed by atoms with E-state index in [1.54, 1.807) is 4.90 Å². The molecule has 0 N–H and O–H groups in total. The van der Waals surface area contributed by atoms with Crippen molar-refractivity contribution in [2.45, 2.75) is 23.8 Å². The lowest BCUT2D eigenvalue weighted by atomic mass is 10.2. The third-order valence-corrected chi connectivity index (χ3v) is 6.92. The number of sulfonamides is 1. The highest BCUT2D eigenvalue weighted by atomic mass is 35.5. The lowest BCUT2D eigenvalue weighted by Gasteiger charge is -2.35. The van der Waals surface area contributed by atoms with Gasteiger partial charge in [0.25, 0.3) is 5.91 Å². The summed E-state index contributed by atoms with van der Waals surface area (Å²) in [6.07, 6.45) is 1.26. The Bertz CT molecular complexity index is 727. The number of piperazine rings is 1. The number of ether oxygens (including phenoxy) is 1. The maximum atomic E-state index is 12.7. The standard InChI is InChI=1S/C15H18Cl2N2O4S/c16-12-4-3-11(10-13(12)17)24(21,22)19-7-5-18(6-8-19)15(20)14-2-1-9-23-14/h3-4,10,14H,1-2,5-9H2. The molecular formula is C15H18Cl2N2O4S. The molecule has 0 bridgehead atoms. The summed E-state index contributed by atoms with van der Waals surface area (Å²) in [4.78, 5) is 14.1. The van der Waals surface area contributed by atoms with Crippen LogP contribution in [0.4, 0.5) is 0 Å². The van der Waals surface area contributed by atoms with E-state index in [1.165, 1.54) is 22.5 Å². The van der Waals surface area contributed by atoms with E-state index in [1.807, 2.05) is 0 Å². The Hall–Kier alpha value is -0.860. The Kier molecular flexibility index (Phi) is 5.36. The van der Waals surface area contributed by atoms with E-state index in [9.17, 15) is 13.2 Å². The second-order valence-electron chi connectivity index (χ2n) is 5.81. The molecule has 1 aromatic rings. The first kappa shape index (κ1) is 17.9. The van der Waals surface area contributed by atoms with Crippen molar-refractivity contribution in [3.63, 3.8) is 0 Å². The molecule has 0 spiro atoms. The molecule has 0 radical (unpaired) electrons. The van der Waals surface area contributed by atoms with E-state index in [-0.39, 0.29) is 35.0 Å². The maximum absolute atomic E-state index is 12.7. The highest BCUT2D eigenvalue weighted by Crippen LogP contribution is 2.27. The minimum atomic E-state index is -3.65. The average Bonchev–Trinajstić information content (AvgIpc) is 3.11. The van der Waals surface area contributed by atoms with Crippen LogP contribution in [-0.4, -0.2) is 62.4 Å². The van der Waals surface area contributed by atoms with Gasteiger partial charge in [0.15, 0.2) is 0 Å². The molecule has 9 heteroatoms. The van der Waals surface area contributed by atoms with Crippen LogP contribution in [0.15, 0.2) is 23.1 Å². The van der Waals surface area contributed by atoms with Crippen molar-refractivity contribution in [1.82, 2.24) is 9.21 Å². The number of benzene rings is 1. The van der Waals surface area contributed by atoms with Gasteiger partial charge in [0, 0.05) is 32.8 Å². The molecule has 2 aliphatic heterocycles. The lowest BCUT2D eigenvalue weighted by Crippen LogP contribution is -2.52. The summed E-state index contributed by atoms with van der Waals surface area (Å²) >= 11 is 11.8. The number of nitrogens with zero attached hydrogens (tertiary/aromatic N) is 2. The zero-order valence-corrected chi connectivity index (χ0v) is 15.3. The summed E-state index contributed by atoms with van der Waals surface area (Å²) in [6, 6.07) is 4.25. The summed E-state index contributed by atoms with van der Waals surface area (Å²) in [6.45, 7) is 1.84. The van der Waals surface area contributed by atoms with Crippen LogP contribution in [0.1, 0.15) is 12.8 Å². The van der Waals surface area contributed by atoms with Crippen LogP contribution in [0, 0.1) is 0 Å². The van der Waals surface area contributed by atoms with Crippen LogP contribution in [0.2, 0.25) is 10.0 Å². The first-order valence-corrected chi connectivity index (χ1v) is 9.95. The molecule has 2 fully saturated rings. The van der Waals surface area contributed by atoms with Gasteiger partial charge in [-0.2, -0.15) is 4.31 Å². The summed E-state index contributed by atoms with van der Waals surface area (Å²) in [5.41, 5.74) is 0. The molecule has 2 saturated heterocycles. The first-order chi connectivity index (χ1) is 11.4. The quantitative estimate of drug-likeness (QED) is 0.788. The molecule has 24 heavy (non-hydrogen) atoms. The van der Waals surface area contributed by atoms with Crippen molar-refractivity contribution >= 4 is 39.1 Å². The van der Waals surface area contributed by atoms with Crippen LogP contribution < -0.4 is 0 Å². The summed E-state index contributed by atoms with van der Waals surface area (Å²) in [7, 11) is -3.65. The SMILES string of the molecule is O=C(C1CCCO1)N1CCN(S(=O)(=O)c2ccc(Cl)c(Cl)c2)CC1. The minimum Gasteiger partial charge on any atom is -0.368 e. The number of carbonyl (C=O) groups excluding carboxylic acids is 1. The first-order valence-electron chi connectivity index (χ1n) is 7.75. The van der Waals surface area contributed by atoms with Crippen molar-refractivity contribution in [1.29, 1.82) is 0 Å². The molecule has 1 amide bonds. The fourth-order valence-electron chi connectivity index (χ4n) is 2.91. The third-order valence-electron chi connectivity index (χ3n) is 4.28. The zero-order valence-electron chi connectivity index (χ0n) is 13.0. The second-order valence-corrected chi connectivity index (χ2v) is 8.56. The van der Waals surface area contributed by atoms with Gasteiger partial charge in [0.1, 0.15) is 6.10 Å². The van der Waals surface area contributed by atoms with E-state index in [2.05, 4.69) is 0 Å². The van der Waals surface area contributed by atoms with E-state index in [0.29, 0.717) is 24.7 Å². The summed E-state index contributed by atoms with van der Waals surface area (Å²) in [5, 5.41) is 0.507. The van der Waals surface area contributed by atoms with Crippen LogP contribution >= 0.6 is 23.2 Å². The molecular weight excluding hydrogens is 375 g/mol. The number of halogens is 2. The van der Waals surface area contributed by atoms with Gasteiger partial charge in [0.2, 0.25) is 10.0 Å². The van der Waals surface area contributed by atoms with Gasteiger partial charge in [-0.1, -0.05) is 23.2 Å². The Labute approximate surface area is 151 Å². The topological polar surface area (TPSA) is 66.9 Å². The molecule has 6 nitrogen and oxygen atoms in total.